The van der Waals surface area contributed by atoms with Gasteiger partial charge < -0.3 is 9.47 Å². The third-order valence-electron chi connectivity index (χ3n) is 14.9. The molecule has 12 aromatic carbocycles. The maximum absolute atomic E-state index is 5.84. The molecule has 67 heavy (non-hydrogen) atoms. The standard InChI is InChI=1S/C65H46O2/c1-65(2)57-37-39(61-47-21-9-13-25-51(47)63(52-26-14-10-22-48(52)61)55-33-35-59(66-3)45-19-7-5-17-41(45)55)29-31-43(57)44-32-30-40(38-58(44)65)62-49-23-11-15-27-53(49)64(54-28-16-12-24-50(54)62)56-34-36-60(67-4)46-20-8-6-18-42(46)56/h5-38H,1-4H3. The van der Waals surface area contributed by atoms with Crippen molar-refractivity contribution in [3.05, 3.63) is 217 Å². The minimum absolute atomic E-state index is 0.252. The third-order valence-corrected chi connectivity index (χ3v) is 14.9. The van der Waals surface area contributed by atoms with E-state index in [1.807, 2.05) is 0 Å². The lowest BCUT2D eigenvalue weighted by Gasteiger charge is -2.24. The minimum Gasteiger partial charge on any atom is -0.496 e. The largest absolute Gasteiger partial charge is 0.496 e. The Labute approximate surface area is 390 Å². The van der Waals surface area contributed by atoms with Gasteiger partial charge in [0, 0.05) is 16.2 Å². The summed E-state index contributed by atoms with van der Waals surface area (Å²) in [6.45, 7) is 4.82. The van der Waals surface area contributed by atoms with Crippen molar-refractivity contribution in [1.29, 1.82) is 0 Å². The van der Waals surface area contributed by atoms with E-state index in [-0.39, 0.29) is 5.41 Å². The molecule has 0 heterocycles. The highest BCUT2D eigenvalue weighted by Crippen LogP contribution is 2.54. The van der Waals surface area contributed by atoms with Gasteiger partial charge in [0.05, 0.1) is 14.2 Å². The van der Waals surface area contributed by atoms with Crippen LogP contribution in [0.1, 0.15) is 25.0 Å². The first-order chi connectivity index (χ1) is 32.9. The lowest BCUT2D eigenvalue weighted by molar-refractivity contribution is 0.420. The average molecular weight is 859 g/mol. The Kier molecular flexibility index (Phi) is 8.73. The lowest BCUT2D eigenvalue weighted by Crippen LogP contribution is -2.15. The molecule has 0 atom stereocenters. The maximum atomic E-state index is 5.84. The first kappa shape index (κ1) is 39.2. The van der Waals surface area contributed by atoms with Crippen LogP contribution >= 0.6 is 0 Å². The summed E-state index contributed by atoms with van der Waals surface area (Å²) in [5, 5.41) is 14.5. The molecule has 2 heteroatoms. The van der Waals surface area contributed by atoms with Gasteiger partial charge in [-0.2, -0.15) is 0 Å². The van der Waals surface area contributed by atoms with Crippen LogP contribution in [0.3, 0.4) is 0 Å². The van der Waals surface area contributed by atoms with Crippen LogP contribution in [0.2, 0.25) is 0 Å². The van der Waals surface area contributed by atoms with Crippen molar-refractivity contribution >= 4 is 64.6 Å². The molecule has 0 radical (unpaired) electrons. The molecule has 0 amide bonds. The van der Waals surface area contributed by atoms with Gasteiger partial charge in [-0.1, -0.05) is 196 Å². The van der Waals surface area contributed by atoms with Crippen molar-refractivity contribution in [3.63, 3.8) is 0 Å². The molecule has 0 unspecified atom stereocenters. The van der Waals surface area contributed by atoms with Crippen molar-refractivity contribution in [2.75, 3.05) is 14.2 Å². The fourth-order valence-corrected chi connectivity index (χ4v) is 11.8. The van der Waals surface area contributed by atoms with Crippen LogP contribution in [-0.2, 0) is 5.41 Å². The number of hydrogen-bond acceptors (Lipinski definition) is 2. The maximum Gasteiger partial charge on any atom is 0.126 e. The van der Waals surface area contributed by atoms with Gasteiger partial charge in [-0.3, -0.25) is 0 Å². The Balaban J connectivity index is 0.982. The summed E-state index contributed by atoms with van der Waals surface area (Å²) in [5.41, 5.74) is 15.0. The summed E-state index contributed by atoms with van der Waals surface area (Å²) in [7, 11) is 3.51. The molecule has 0 saturated heterocycles. The number of ether oxygens (including phenoxy) is 2. The average Bonchev–Trinajstić information content (AvgIpc) is 3.60. The fraction of sp³-hybridized carbons (Fsp3) is 0.0769. The molecule has 0 saturated carbocycles. The molecule has 0 aliphatic heterocycles. The highest BCUT2D eigenvalue weighted by atomic mass is 16.5. The van der Waals surface area contributed by atoms with Crippen LogP contribution < -0.4 is 9.47 Å². The van der Waals surface area contributed by atoms with Gasteiger partial charge in [-0.05, 0) is 145 Å². The van der Waals surface area contributed by atoms with E-state index < -0.39 is 0 Å². The molecule has 0 aromatic heterocycles. The fourth-order valence-electron chi connectivity index (χ4n) is 11.8. The molecule has 0 N–H and O–H groups in total. The van der Waals surface area contributed by atoms with E-state index in [1.54, 1.807) is 14.2 Å². The Morgan fingerprint density at radius 2 is 0.537 bits per heavy atom. The Hall–Kier alpha value is -8.20. The molecule has 0 bridgehead atoms. The zero-order chi connectivity index (χ0) is 45.0. The van der Waals surface area contributed by atoms with Crippen LogP contribution in [0.4, 0.5) is 0 Å². The molecule has 0 spiro atoms. The minimum atomic E-state index is -0.252. The van der Waals surface area contributed by atoms with Crippen molar-refractivity contribution < 1.29 is 9.47 Å². The quantitative estimate of drug-likeness (QED) is 0.155. The lowest BCUT2D eigenvalue weighted by atomic mass is 9.79. The SMILES string of the molecule is COc1ccc(-c2c3ccccc3c(-c3ccc4c(c3)C(C)(C)c3cc(-c5c6ccccc6c(-c6ccc(OC)c7ccccc67)c6ccccc56)ccc3-4)c3ccccc23)c2ccccc12. The highest BCUT2D eigenvalue weighted by Gasteiger charge is 2.36. The van der Waals surface area contributed by atoms with E-state index in [4.69, 9.17) is 9.47 Å². The zero-order valence-corrected chi connectivity index (χ0v) is 37.9. The number of methoxy groups -OCH3 is 2. The Morgan fingerprint density at radius 3 is 0.851 bits per heavy atom. The topological polar surface area (TPSA) is 18.5 Å². The summed E-state index contributed by atoms with van der Waals surface area (Å²) < 4.78 is 11.7. The van der Waals surface area contributed by atoms with E-state index >= 15 is 0 Å². The smallest absolute Gasteiger partial charge is 0.126 e. The number of fused-ring (bicyclic) bond motifs is 9. The predicted molar refractivity (Wildman–Crippen MR) is 284 cm³/mol. The second kappa shape index (κ2) is 14.9. The molecule has 1 aliphatic carbocycles. The first-order valence-corrected chi connectivity index (χ1v) is 23.2. The van der Waals surface area contributed by atoms with Crippen LogP contribution in [0.25, 0.3) is 120 Å². The van der Waals surface area contributed by atoms with Gasteiger partial charge in [-0.25, -0.2) is 0 Å². The summed E-state index contributed by atoms with van der Waals surface area (Å²) in [6, 6.07) is 76.3. The predicted octanol–water partition coefficient (Wildman–Crippen LogP) is 17.6. The van der Waals surface area contributed by atoms with E-state index in [9.17, 15) is 0 Å². The molecular formula is C65H46O2. The summed E-state index contributed by atoms with van der Waals surface area (Å²) in [5.74, 6) is 1.77. The van der Waals surface area contributed by atoms with Gasteiger partial charge in [0.15, 0.2) is 0 Å². The normalized spacial score (nSPS) is 12.9. The van der Waals surface area contributed by atoms with Crippen LogP contribution in [-0.4, -0.2) is 14.2 Å². The highest BCUT2D eigenvalue weighted by molar-refractivity contribution is 6.25. The molecule has 13 rings (SSSR count). The van der Waals surface area contributed by atoms with Gasteiger partial charge >= 0.3 is 0 Å². The molecule has 1 aliphatic rings. The van der Waals surface area contributed by atoms with Crippen LogP contribution in [0.5, 0.6) is 11.5 Å². The summed E-state index contributed by atoms with van der Waals surface area (Å²) in [4.78, 5) is 0. The molecular weight excluding hydrogens is 813 g/mol. The summed E-state index contributed by atoms with van der Waals surface area (Å²) in [6.07, 6.45) is 0. The Morgan fingerprint density at radius 1 is 0.269 bits per heavy atom. The van der Waals surface area contributed by atoms with Gasteiger partial charge in [0.2, 0.25) is 0 Å². The number of benzene rings is 12. The Bertz CT molecular complexity index is 3670. The van der Waals surface area contributed by atoms with Crippen molar-refractivity contribution in [1.82, 2.24) is 0 Å². The third kappa shape index (κ3) is 5.69. The van der Waals surface area contributed by atoms with Crippen molar-refractivity contribution in [2.24, 2.45) is 0 Å². The van der Waals surface area contributed by atoms with Crippen LogP contribution in [0, 0.1) is 0 Å². The van der Waals surface area contributed by atoms with Crippen molar-refractivity contribution in [3.8, 4) is 67.1 Å². The molecule has 12 aromatic rings. The van der Waals surface area contributed by atoms with Crippen LogP contribution in [0.15, 0.2) is 206 Å². The summed E-state index contributed by atoms with van der Waals surface area (Å²) >= 11 is 0. The van der Waals surface area contributed by atoms with E-state index in [0.717, 1.165) is 22.3 Å². The van der Waals surface area contributed by atoms with Gasteiger partial charge in [0.25, 0.3) is 0 Å². The van der Waals surface area contributed by atoms with E-state index in [0.29, 0.717) is 0 Å². The second-order valence-electron chi connectivity index (χ2n) is 18.5. The van der Waals surface area contributed by atoms with E-state index in [2.05, 4.69) is 220 Å². The van der Waals surface area contributed by atoms with Gasteiger partial charge in [0.1, 0.15) is 11.5 Å². The number of hydrogen-bond donors (Lipinski definition) is 0. The second-order valence-corrected chi connectivity index (χ2v) is 18.5. The van der Waals surface area contributed by atoms with E-state index in [1.165, 1.54) is 121 Å². The zero-order valence-electron chi connectivity index (χ0n) is 37.9. The molecule has 2 nitrogen and oxygen atoms in total. The molecule has 0 fully saturated rings. The van der Waals surface area contributed by atoms with Crippen molar-refractivity contribution in [2.45, 2.75) is 19.3 Å². The monoisotopic (exact) mass is 858 g/mol. The molecule has 318 valence electrons. The number of rotatable bonds is 6. The van der Waals surface area contributed by atoms with Gasteiger partial charge in [-0.15, -0.1) is 0 Å². The first-order valence-electron chi connectivity index (χ1n) is 23.2.